The van der Waals surface area contributed by atoms with Crippen LogP contribution in [0.4, 0.5) is 14.6 Å². The number of alkyl halides is 2. The molecule has 2 heterocycles. The van der Waals surface area contributed by atoms with E-state index in [1.54, 1.807) is 0 Å². The van der Waals surface area contributed by atoms with Crippen LogP contribution < -0.4 is 11.4 Å². The molecule has 0 amide bonds. The molecule has 1 aromatic heterocycles. The number of aromatic nitrogens is 2. The highest BCUT2D eigenvalue weighted by molar-refractivity contribution is 5.23. The summed E-state index contributed by atoms with van der Waals surface area (Å²) < 4.78 is 33.9. The second-order valence-corrected chi connectivity index (χ2v) is 4.53. The second kappa shape index (κ2) is 5.81. The standard InChI is InChI=1S/C11H15F2N3O4/c12-8-5(3-17)6(4-18)20-10(9(8)13)16-2-1-7(14)15-11(16)19/h1-2,5-6,8-10,17-18H,3-4H2,(H2,14,15,19)/t5?,6-,8+,9?,10-/m1/s1. The number of hydrogen-bond acceptors (Lipinski definition) is 6. The molecule has 112 valence electrons. The van der Waals surface area contributed by atoms with E-state index in [4.69, 9.17) is 20.7 Å². The van der Waals surface area contributed by atoms with Gasteiger partial charge in [-0.05, 0) is 6.07 Å². The minimum absolute atomic E-state index is 0.0544. The first kappa shape index (κ1) is 14.8. The van der Waals surface area contributed by atoms with Crippen LogP contribution in [0.25, 0.3) is 0 Å². The van der Waals surface area contributed by atoms with Crippen LogP contribution in [-0.4, -0.2) is 51.4 Å². The minimum Gasteiger partial charge on any atom is -0.396 e. The first-order chi connectivity index (χ1) is 9.49. The quantitative estimate of drug-likeness (QED) is 0.659. The summed E-state index contributed by atoms with van der Waals surface area (Å²) in [5.41, 5.74) is 4.42. The van der Waals surface area contributed by atoms with Crippen molar-refractivity contribution in [2.75, 3.05) is 18.9 Å². The monoisotopic (exact) mass is 291 g/mol. The van der Waals surface area contributed by atoms with Crippen molar-refractivity contribution in [3.63, 3.8) is 0 Å². The molecule has 5 atom stereocenters. The summed E-state index contributed by atoms with van der Waals surface area (Å²) in [7, 11) is 0. The number of aliphatic hydroxyl groups excluding tert-OH is 2. The van der Waals surface area contributed by atoms with Gasteiger partial charge in [-0.3, -0.25) is 4.57 Å². The van der Waals surface area contributed by atoms with E-state index < -0.39 is 49.5 Å². The first-order valence-electron chi connectivity index (χ1n) is 5.99. The molecule has 0 aromatic carbocycles. The van der Waals surface area contributed by atoms with Gasteiger partial charge in [0.2, 0.25) is 0 Å². The van der Waals surface area contributed by atoms with Crippen LogP contribution in [0, 0.1) is 5.92 Å². The van der Waals surface area contributed by atoms with E-state index >= 15 is 0 Å². The summed E-state index contributed by atoms with van der Waals surface area (Å²) in [6.07, 6.45) is -5.78. The van der Waals surface area contributed by atoms with Gasteiger partial charge in [-0.15, -0.1) is 0 Å². The molecule has 0 aliphatic carbocycles. The number of halogens is 2. The van der Waals surface area contributed by atoms with Crippen molar-refractivity contribution in [3.05, 3.63) is 22.7 Å². The average molecular weight is 291 g/mol. The molecule has 0 bridgehead atoms. The summed E-state index contributed by atoms with van der Waals surface area (Å²) in [4.78, 5) is 15.0. The molecule has 20 heavy (non-hydrogen) atoms. The number of rotatable bonds is 3. The third-order valence-corrected chi connectivity index (χ3v) is 3.29. The van der Waals surface area contributed by atoms with Gasteiger partial charge >= 0.3 is 5.69 Å². The van der Waals surface area contributed by atoms with E-state index in [9.17, 15) is 13.6 Å². The number of ether oxygens (including phenoxy) is 1. The molecule has 1 saturated heterocycles. The Bertz CT molecular complexity index is 525. The van der Waals surface area contributed by atoms with Gasteiger partial charge in [0.05, 0.1) is 19.3 Å². The Labute approximate surface area is 112 Å². The van der Waals surface area contributed by atoms with E-state index in [1.165, 1.54) is 6.07 Å². The molecule has 2 rings (SSSR count). The van der Waals surface area contributed by atoms with Gasteiger partial charge in [0, 0.05) is 12.1 Å². The van der Waals surface area contributed by atoms with Crippen molar-refractivity contribution in [2.45, 2.75) is 24.7 Å². The smallest absolute Gasteiger partial charge is 0.351 e. The largest absolute Gasteiger partial charge is 0.396 e. The number of aliphatic hydroxyl groups is 2. The third-order valence-electron chi connectivity index (χ3n) is 3.29. The molecule has 0 spiro atoms. The topological polar surface area (TPSA) is 111 Å². The van der Waals surface area contributed by atoms with Crippen LogP contribution in [0.15, 0.2) is 17.1 Å². The van der Waals surface area contributed by atoms with Crippen LogP contribution in [0.3, 0.4) is 0 Å². The van der Waals surface area contributed by atoms with Gasteiger partial charge < -0.3 is 20.7 Å². The van der Waals surface area contributed by atoms with Crippen LogP contribution in [-0.2, 0) is 4.74 Å². The van der Waals surface area contributed by atoms with Gasteiger partial charge in [0.15, 0.2) is 12.4 Å². The second-order valence-electron chi connectivity index (χ2n) is 4.53. The van der Waals surface area contributed by atoms with Crippen LogP contribution in [0.2, 0.25) is 0 Å². The molecule has 1 aliphatic heterocycles. The normalized spacial score (nSPS) is 34.1. The highest BCUT2D eigenvalue weighted by Crippen LogP contribution is 2.34. The molecule has 2 unspecified atom stereocenters. The number of hydrogen-bond donors (Lipinski definition) is 3. The van der Waals surface area contributed by atoms with Crippen molar-refractivity contribution in [2.24, 2.45) is 5.92 Å². The molecule has 4 N–H and O–H groups in total. The Kier molecular flexibility index (Phi) is 4.31. The van der Waals surface area contributed by atoms with Crippen LogP contribution >= 0.6 is 0 Å². The van der Waals surface area contributed by atoms with Gasteiger partial charge in [-0.2, -0.15) is 4.98 Å². The molecule has 9 heteroatoms. The Balaban J connectivity index is 2.34. The maximum Gasteiger partial charge on any atom is 0.351 e. The van der Waals surface area contributed by atoms with Crippen molar-refractivity contribution < 1.29 is 23.7 Å². The Morgan fingerprint density at radius 3 is 2.60 bits per heavy atom. The molecular formula is C11H15F2N3O4. The lowest BCUT2D eigenvalue weighted by Crippen LogP contribution is -2.52. The highest BCUT2D eigenvalue weighted by atomic mass is 19.2. The average Bonchev–Trinajstić information content (AvgIpc) is 2.42. The molecule has 7 nitrogen and oxygen atoms in total. The first-order valence-corrected chi connectivity index (χ1v) is 5.99. The Morgan fingerprint density at radius 2 is 2.05 bits per heavy atom. The Hall–Kier alpha value is -1.58. The maximum absolute atomic E-state index is 14.0. The highest BCUT2D eigenvalue weighted by Gasteiger charge is 2.47. The number of nitrogens with two attached hydrogens (primary N) is 1. The van der Waals surface area contributed by atoms with Crippen LogP contribution in [0.5, 0.6) is 0 Å². The zero-order chi connectivity index (χ0) is 14.9. The van der Waals surface area contributed by atoms with E-state index in [1.807, 2.05) is 0 Å². The van der Waals surface area contributed by atoms with E-state index in [0.29, 0.717) is 0 Å². The summed E-state index contributed by atoms with van der Waals surface area (Å²) in [5.74, 6) is -1.25. The molecule has 0 saturated carbocycles. The Morgan fingerprint density at radius 1 is 1.35 bits per heavy atom. The van der Waals surface area contributed by atoms with Gasteiger partial charge in [0.25, 0.3) is 0 Å². The summed E-state index contributed by atoms with van der Waals surface area (Å²) in [6.45, 7) is -1.28. The van der Waals surface area contributed by atoms with Gasteiger partial charge in [0.1, 0.15) is 12.0 Å². The zero-order valence-electron chi connectivity index (χ0n) is 10.4. The lowest BCUT2D eigenvalue weighted by molar-refractivity contribution is -0.205. The summed E-state index contributed by atoms with van der Waals surface area (Å²) >= 11 is 0. The lowest BCUT2D eigenvalue weighted by Gasteiger charge is -2.39. The predicted octanol–water partition coefficient (Wildman–Crippen LogP) is -1.00. The number of nitrogens with zero attached hydrogens (tertiary/aromatic N) is 2. The fourth-order valence-corrected chi connectivity index (χ4v) is 2.19. The fourth-order valence-electron chi connectivity index (χ4n) is 2.19. The van der Waals surface area contributed by atoms with E-state index in [-0.39, 0.29) is 5.82 Å². The molecule has 1 aliphatic rings. The fraction of sp³-hybridized carbons (Fsp3) is 0.636. The SMILES string of the molecule is Nc1ccn([C@@H]2O[C@H](CO)C(CO)[C@H](F)C2F)c(=O)n1. The number of anilines is 1. The maximum atomic E-state index is 14.0. The molecule has 1 fully saturated rings. The summed E-state index contributed by atoms with van der Waals surface area (Å²) in [5, 5.41) is 18.2. The van der Waals surface area contributed by atoms with E-state index in [0.717, 1.165) is 10.8 Å². The lowest BCUT2D eigenvalue weighted by atomic mass is 9.91. The minimum atomic E-state index is -2.17. The van der Waals surface area contributed by atoms with Gasteiger partial charge in [-0.1, -0.05) is 0 Å². The van der Waals surface area contributed by atoms with Crippen molar-refractivity contribution in [1.82, 2.24) is 9.55 Å². The van der Waals surface area contributed by atoms with Crippen molar-refractivity contribution in [3.8, 4) is 0 Å². The molecule has 0 radical (unpaired) electrons. The molecule has 1 aromatic rings. The van der Waals surface area contributed by atoms with Crippen LogP contribution in [0.1, 0.15) is 6.23 Å². The summed E-state index contributed by atoms with van der Waals surface area (Å²) in [6, 6.07) is 1.25. The van der Waals surface area contributed by atoms with Gasteiger partial charge in [-0.25, -0.2) is 13.6 Å². The third kappa shape index (κ3) is 2.51. The molecular weight excluding hydrogens is 276 g/mol. The van der Waals surface area contributed by atoms with Crippen molar-refractivity contribution in [1.29, 1.82) is 0 Å². The number of nitrogen functional groups attached to an aromatic ring is 1. The van der Waals surface area contributed by atoms with Crippen molar-refractivity contribution >= 4 is 5.82 Å². The van der Waals surface area contributed by atoms with E-state index in [2.05, 4.69) is 4.98 Å². The zero-order valence-corrected chi connectivity index (χ0v) is 10.4. The predicted molar refractivity (Wildman–Crippen MR) is 64.3 cm³/mol.